The Hall–Kier alpha value is -1.03. The van der Waals surface area contributed by atoms with Gasteiger partial charge in [-0.15, -0.1) is 0 Å². The van der Waals surface area contributed by atoms with Gasteiger partial charge in [0.25, 0.3) is 0 Å². The molecule has 0 unspecified atom stereocenters. The highest BCUT2D eigenvalue weighted by Gasteiger charge is 2.38. The molecule has 0 aromatic heterocycles. The van der Waals surface area contributed by atoms with Crippen molar-refractivity contribution in [2.45, 2.75) is 71.5 Å². The molecular weight excluding hydrogens is 226 g/mol. The highest BCUT2D eigenvalue weighted by Crippen LogP contribution is 2.28. The number of allylic oxidation sites excluding steroid dienone is 1. The van der Waals surface area contributed by atoms with Crippen LogP contribution in [0.5, 0.6) is 0 Å². The zero-order valence-electron chi connectivity index (χ0n) is 12.5. The van der Waals surface area contributed by atoms with Crippen molar-refractivity contribution in [1.82, 2.24) is 16.0 Å². The van der Waals surface area contributed by atoms with Crippen LogP contribution in [0.25, 0.3) is 0 Å². The number of amides is 2. The number of nitrogens with one attached hydrogen (secondary N) is 3. The van der Waals surface area contributed by atoms with E-state index in [1.807, 2.05) is 13.8 Å². The normalized spacial score (nSPS) is 22.1. The Balaban J connectivity index is 2.56. The second-order valence-corrected chi connectivity index (χ2v) is 6.84. The molecule has 18 heavy (non-hydrogen) atoms. The Morgan fingerprint density at radius 1 is 1.17 bits per heavy atom. The molecule has 0 bridgehead atoms. The predicted molar refractivity (Wildman–Crippen MR) is 75.4 cm³/mol. The maximum atomic E-state index is 11.8. The van der Waals surface area contributed by atoms with Crippen LogP contribution >= 0.6 is 0 Å². The van der Waals surface area contributed by atoms with Crippen LogP contribution in [0.4, 0.5) is 4.79 Å². The number of hydrogen-bond acceptors (Lipinski definition) is 2. The minimum absolute atomic E-state index is 0.0518. The molecule has 0 aromatic rings. The summed E-state index contributed by atoms with van der Waals surface area (Å²) < 4.78 is 0. The summed E-state index contributed by atoms with van der Waals surface area (Å²) in [6, 6.07) is 0.0940. The molecule has 0 spiro atoms. The van der Waals surface area contributed by atoms with Crippen LogP contribution in [-0.4, -0.2) is 23.2 Å². The molecule has 0 atom stereocenters. The Morgan fingerprint density at radius 3 is 2.11 bits per heavy atom. The fraction of sp³-hybridized carbons (Fsp3) is 0.786. The van der Waals surface area contributed by atoms with Gasteiger partial charge in [-0.2, -0.15) is 0 Å². The summed E-state index contributed by atoms with van der Waals surface area (Å²) in [6.07, 6.45) is 3.62. The van der Waals surface area contributed by atoms with Crippen molar-refractivity contribution >= 4 is 6.03 Å². The van der Waals surface area contributed by atoms with E-state index in [9.17, 15) is 4.79 Å². The van der Waals surface area contributed by atoms with Gasteiger partial charge in [0.2, 0.25) is 0 Å². The van der Waals surface area contributed by atoms with Crippen LogP contribution in [0.1, 0.15) is 54.4 Å². The van der Waals surface area contributed by atoms with Crippen molar-refractivity contribution in [3.05, 3.63) is 11.8 Å². The van der Waals surface area contributed by atoms with Crippen molar-refractivity contribution in [3.63, 3.8) is 0 Å². The molecule has 0 aromatic carbocycles. The first-order chi connectivity index (χ1) is 8.10. The molecule has 1 saturated heterocycles. The van der Waals surface area contributed by atoms with Gasteiger partial charge in [0.05, 0.1) is 0 Å². The number of piperidine rings is 1. The van der Waals surface area contributed by atoms with Crippen LogP contribution in [0.15, 0.2) is 11.8 Å². The van der Waals surface area contributed by atoms with Gasteiger partial charge in [-0.25, -0.2) is 4.79 Å². The third-order valence-corrected chi connectivity index (χ3v) is 3.02. The molecule has 104 valence electrons. The van der Waals surface area contributed by atoms with Gasteiger partial charge in [0, 0.05) is 23.3 Å². The largest absolute Gasteiger partial charge is 0.335 e. The maximum absolute atomic E-state index is 11.8. The van der Waals surface area contributed by atoms with Gasteiger partial charge >= 0.3 is 6.03 Å². The molecule has 3 N–H and O–H groups in total. The Bertz CT molecular complexity index is 325. The van der Waals surface area contributed by atoms with E-state index < -0.39 is 0 Å². The summed E-state index contributed by atoms with van der Waals surface area (Å²) in [4.78, 5) is 11.8. The molecule has 1 aliphatic rings. The lowest BCUT2D eigenvalue weighted by molar-refractivity contribution is 0.148. The van der Waals surface area contributed by atoms with Crippen molar-refractivity contribution < 1.29 is 4.79 Å². The molecule has 0 radical (unpaired) electrons. The van der Waals surface area contributed by atoms with Gasteiger partial charge < -0.3 is 16.0 Å². The SMILES string of the molecule is CC(C)=CNC(=O)NC1CC(C)(C)NC(C)(C)C1. The van der Waals surface area contributed by atoms with E-state index >= 15 is 0 Å². The highest BCUT2D eigenvalue weighted by molar-refractivity contribution is 5.75. The third kappa shape index (κ3) is 5.08. The predicted octanol–water partition coefficient (Wildman–Crippen LogP) is 2.52. The van der Waals surface area contributed by atoms with E-state index in [0.29, 0.717) is 0 Å². The van der Waals surface area contributed by atoms with Gasteiger partial charge in [0.1, 0.15) is 0 Å². The van der Waals surface area contributed by atoms with E-state index in [1.165, 1.54) is 0 Å². The molecule has 0 saturated carbocycles. The maximum Gasteiger partial charge on any atom is 0.318 e. The minimum atomic E-state index is -0.116. The van der Waals surface area contributed by atoms with Crippen LogP contribution in [0, 0.1) is 0 Å². The lowest BCUT2D eigenvalue weighted by atomic mass is 9.80. The summed E-state index contributed by atoms with van der Waals surface area (Å²) in [5.41, 5.74) is 1.18. The van der Waals surface area contributed by atoms with Crippen molar-refractivity contribution in [3.8, 4) is 0 Å². The average molecular weight is 253 g/mol. The van der Waals surface area contributed by atoms with E-state index in [1.54, 1.807) is 6.20 Å². The number of hydrogen-bond donors (Lipinski definition) is 3. The standard InChI is InChI=1S/C14H27N3O/c1-10(2)9-15-12(18)16-11-7-13(3,4)17-14(5,6)8-11/h9,11,17H,7-8H2,1-6H3,(H2,15,16,18). The van der Waals surface area contributed by atoms with Crippen LogP contribution in [0.2, 0.25) is 0 Å². The molecule has 0 aliphatic carbocycles. The fourth-order valence-corrected chi connectivity index (χ4v) is 2.86. The summed E-state index contributed by atoms with van der Waals surface area (Å²) in [7, 11) is 0. The van der Waals surface area contributed by atoms with Crippen molar-refractivity contribution in [2.75, 3.05) is 0 Å². The van der Waals surface area contributed by atoms with Crippen molar-refractivity contribution in [1.29, 1.82) is 0 Å². The van der Waals surface area contributed by atoms with E-state index in [-0.39, 0.29) is 23.2 Å². The highest BCUT2D eigenvalue weighted by atomic mass is 16.2. The molecule has 1 rings (SSSR count). The molecule has 1 aliphatic heterocycles. The molecule has 1 fully saturated rings. The molecular formula is C14H27N3O. The van der Waals surface area contributed by atoms with Gasteiger partial charge in [0.15, 0.2) is 0 Å². The second kappa shape index (κ2) is 5.31. The summed E-state index contributed by atoms with van der Waals surface area (Å²) in [5.74, 6) is 0. The molecule has 4 heteroatoms. The number of rotatable bonds is 2. The number of carbonyl (C=O) groups is 1. The minimum Gasteiger partial charge on any atom is -0.335 e. The lowest BCUT2D eigenvalue weighted by Gasteiger charge is -2.46. The molecule has 4 nitrogen and oxygen atoms in total. The van der Waals surface area contributed by atoms with Gasteiger partial charge in [-0.3, -0.25) is 0 Å². The summed E-state index contributed by atoms with van der Waals surface area (Å²) >= 11 is 0. The Labute approximate surface area is 111 Å². The zero-order valence-corrected chi connectivity index (χ0v) is 12.5. The van der Waals surface area contributed by atoms with Crippen LogP contribution in [-0.2, 0) is 0 Å². The summed E-state index contributed by atoms with van der Waals surface area (Å²) in [5, 5.41) is 9.40. The smallest absolute Gasteiger partial charge is 0.318 e. The van der Waals surface area contributed by atoms with Crippen molar-refractivity contribution in [2.24, 2.45) is 0 Å². The third-order valence-electron chi connectivity index (χ3n) is 3.02. The zero-order chi connectivity index (χ0) is 14.0. The first-order valence-electron chi connectivity index (χ1n) is 6.59. The second-order valence-electron chi connectivity index (χ2n) is 6.84. The fourth-order valence-electron chi connectivity index (χ4n) is 2.86. The Morgan fingerprint density at radius 2 is 1.67 bits per heavy atom. The van der Waals surface area contributed by atoms with Gasteiger partial charge in [-0.1, -0.05) is 5.57 Å². The first kappa shape index (κ1) is 15.0. The topological polar surface area (TPSA) is 53.2 Å². The van der Waals surface area contributed by atoms with E-state index in [4.69, 9.17) is 0 Å². The lowest BCUT2D eigenvalue weighted by Crippen LogP contribution is -2.62. The van der Waals surface area contributed by atoms with Gasteiger partial charge in [-0.05, 0) is 54.4 Å². The first-order valence-corrected chi connectivity index (χ1v) is 6.59. The monoisotopic (exact) mass is 253 g/mol. The van der Waals surface area contributed by atoms with Crippen LogP contribution in [0.3, 0.4) is 0 Å². The van der Waals surface area contributed by atoms with E-state index in [0.717, 1.165) is 18.4 Å². The van der Waals surface area contributed by atoms with E-state index in [2.05, 4.69) is 43.6 Å². The molecule has 1 heterocycles. The molecule has 2 amide bonds. The quantitative estimate of drug-likeness (QED) is 0.708. The Kier molecular flexibility index (Phi) is 4.43. The summed E-state index contributed by atoms with van der Waals surface area (Å²) in [6.45, 7) is 12.6. The number of carbonyl (C=O) groups excluding carboxylic acids is 1. The average Bonchev–Trinajstić information content (AvgIpc) is 2.09. The van der Waals surface area contributed by atoms with Crippen LogP contribution < -0.4 is 16.0 Å². The number of urea groups is 1.